The Morgan fingerprint density at radius 3 is 2.61 bits per heavy atom. The van der Waals surface area contributed by atoms with Crippen LogP contribution in [0, 0.1) is 11.7 Å². The maximum absolute atomic E-state index is 14.0. The fourth-order valence-corrected chi connectivity index (χ4v) is 7.40. The average molecular weight is 618 g/mol. The van der Waals surface area contributed by atoms with Crippen molar-refractivity contribution in [1.82, 2.24) is 10.6 Å². The summed E-state index contributed by atoms with van der Waals surface area (Å²) in [5.41, 5.74) is 3.73. The lowest BCUT2D eigenvalue weighted by atomic mass is 9.85. The molecule has 2 atom stereocenters. The van der Waals surface area contributed by atoms with E-state index in [9.17, 15) is 14.0 Å². The molecule has 234 valence electrons. The van der Waals surface area contributed by atoms with Crippen LogP contribution in [0.3, 0.4) is 0 Å². The van der Waals surface area contributed by atoms with Crippen molar-refractivity contribution < 1.29 is 18.7 Å². The van der Waals surface area contributed by atoms with Gasteiger partial charge in [0.25, 0.3) is 5.91 Å². The molecule has 2 aliphatic rings. The topological polar surface area (TPSA) is 70.7 Å². The summed E-state index contributed by atoms with van der Waals surface area (Å²) < 4.78 is 19.2. The summed E-state index contributed by atoms with van der Waals surface area (Å²) in [4.78, 5) is 29.6. The zero-order chi connectivity index (χ0) is 30.7. The summed E-state index contributed by atoms with van der Waals surface area (Å²) in [6.45, 7) is 1.40. The second kappa shape index (κ2) is 16.0. The Morgan fingerprint density at radius 1 is 1.00 bits per heavy atom. The van der Waals surface area contributed by atoms with Crippen LogP contribution in [0.25, 0.3) is 0 Å². The van der Waals surface area contributed by atoms with E-state index in [1.54, 1.807) is 49.2 Å². The van der Waals surface area contributed by atoms with Crippen molar-refractivity contribution in [2.24, 2.45) is 5.92 Å². The first-order chi connectivity index (χ1) is 21.5. The highest BCUT2D eigenvalue weighted by atomic mass is 32.2. The second-order valence-corrected chi connectivity index (χ2v) is 13.0. The van der Waals surface area contributed by atoms with E-state index in [1.807, 2.05) is 24.3 Å². The van der Waals surface area contributed by atoms with Gasteiger partial charge in [0.2, 0.25) is 5.91 Å². The van der Waals surface area contributed by atoms with Gasteiger partial charge < -0.3 is 20.3 Å². The van der Waals surface area contributed by atoms with Crippen LogP contribution in [0.2, 0.25) is 0 Å². The zero-order valence-corrected chi connectivity index (χ0v) is 26.4. The van der Waals surface area contributed by atoms with E-state index >= 15 is 0 Å². The minimum atomic E-state index is -0.641. The van der Waals surface area contributed by atoms with Crippen molar-refractivity contribution in [3.05, 3.63) is 95.3 Å². The molecule has 1 fully saturated rings. The predicted octanol–water partition coefficient (Wildman–Crippen LogP) is 6.77. The molecule has 6 nitrogen and oxygen atoms in total. The molecule has 2 N–H and O–H groups in total. The number of ether oxygens (including phenoxy) is 1. The SMILES string of the molecule is COc1cccc(C(=O)NC(CCC2CCCCC2)C(=O)N[C@@H](CSCc2ccccc2)CN2CCc3cc(F)ccc32)c1. The molecule has 5 rings (SSSR count). The lowest BCUT2D eigenvalue weighted by Crippen LogP contribution is -2.53. The van der Waals surface area contributed by atoms with Crippen LogP contribution in [0.15, 0.2) is 72.8 Å². The molecule has 44 heavy (non-hydrogen) atoms. The molecule has 2 amide bonds. The number of nitrogens with one attached hydrogen (secondary N) is 2. The molecule has 0 saturated heterocycles. The molecule has 0 radical (unpaired) electrons. The first kappa shape index (κ1) is 31.9. The Balaban J connectivity index is 1.30. The third kappa shape index (κ3) is 9.00. The van der Waals surface area contributed by atoms with Crippen molar-refractivity contribution in [3.63, 3.8) is 0 Å². The molecular weight excluding hydrogens is 573 g/mol. The first-order valence-corrected chi connectivity index (χ1v) is 17.0. The number of amides is 2. The molecular formula is C36H44FN3O3S. The number of thioether (sulfide) groups is 1. The predicted molar refractivity (Wildman–Crippen MR) is 177 cm³/mol. The Hall–Kier alpha value is -3.52. The fraction of sp³-hybridized carbons (Fsp3) is 0.444. The van der Waals surface area contributed by atoms with Gasteiger partial charge in [0.1, 0.15) is 17.6 Å². The third-order valence-corrected chi connectivity index (χ3v) is 9.97. The van der Waals surface area contributed by atoms with Gasteiger partial charge in [0, 0.05) is 35.8 Å². The van der Waals surface area contributed by atoms with Crippen LogP contribution in [-0.2, 0) is 17.0 Å². The van der Waals surface area contributed by atoms with Gasteiger partial charge in [0.15, 0.2) is 0 Å². The number of hydrogen-bond acceptors (Lipinski definition) is 5. The molecule has 1 aliphatic carbocycles. The minimum absolute atomic E-state index is 0.152. The number of anilines is 1. The van der Waals surface area contributed by atoms with E-state index in [1.165, 1.54) is 43.7 Å². The quantitative estimate of drug-likeness (QED) is 0.209. The van der Waals surface area contributed by atoms with E-state index in [4.69, 9.17) is 4.74 Å². The summed E-state index contributed by atoms with van der Waals surface area (Å²) in [6, 6.07) is 21.5. The molecule has 0 aromatic heterocycles. The Kier molecular flexibility index (Phi) is 11.6. The molecule has 8 heteroatoms. The van der Waals surface area contributed by atoms with Gasteiger partial charge in [0.05, 0.1) is 13.2 Å². The lowest BCUT2D eigenvalue weighted by Gasteiger charge is -2.29. The van der Waals surface area contributed by atoms with Crippen molar-refractivity contribution in [1.29, 1.82) is 0 Å². The lowest BCUT2D eigenvalue weighted by molar-refractivity contribution is -0.123. The monoisotopic (exact) mass is 617 g/mol. The maximum atomic E-state index is 14.0. The number of halogens is 1. The number of carbonyl (C=O) groups is 2. The van der Waals surface area contributed by atoms with Gasteiger partial charge in [-0.2, -0.15) is 11.8 Å². The van der Waals surface area contributed by atoms with Crippen LogP contribution in [0.5, 0.6) is 5.75 Å². The smallest absolute Gasteiger partial charge is 0.252 e. The van der Waals surface area contributed by atoms with Crippen molar-refractivity contribution in [2.75, 3.05) is 30.9 Å². The summed E-state index contributed by atoms with van der Waals surface area (Å²) in [5.74, 6) is 2.09. The molecule has 1 heterocycles. The van der Waals surface area contributed by atoms with Gasteiger partial charge in [-0.05, 0) is 72.7 Å². The number of rotatable bonds is 14. The Bertz CT molecular complexity index is 1380. The van der Waals surface area contributed by atoms with Gasteiger partial charge in [-0.25, -0.2) is 4.39 Å². The number of nitrogens with zero attached hydrogens (tertiary/aromatic N) is 1. The molecule has 1 unspecified atom stereocenters. The summed E-state index contributed by atoms with van der Waals surface area (Å²) in [7, 11) is 1.57. The van der Waals surface area contributed by atoms with E-state index in [2.05, 4.69) is 27.7 Å². The van der Waals surface area contributed by atoms with E-state index < -0.39 is 6.04 Å². The van der Waals surface area contributed by atoms with Crippen molar-refractivity contribution in [3.8, 4) is 5.75 Å². The van der Waals surface area contributed by atoms with Gasteiger partial charge >= 0.3 is 0 Å². The highest BCUT2D eigenvalue weighted by Crippen LogP contribution is 2.30. The van der Waals surface area contributed by atoms with Crippen LogP contribution in [0.1, 0.15) is 66.4 Å². The van der Waals surface area contributed by atoms with Crippen LogP contribution in [0.4, 0.5) is 10.1 Å². The van der Waals surface area contributed by atoms with Crippen molar-refractivity contribution in [2.45, 2.75) is 69.2 Å². The fourth-order valence-electron chi connectivity index (χ4n) is 6.38. The molecule has 1 aliphatic heterocycles. The van der Waals surface area contributed by atoms with Crippen LogP contribution in [-0.4, -0.2) is 49.9 Å². The van der Waals surface area contributed by atoms with E-state index in [-0.39, 0.29) is 23.7 Å². The highest BCUT2D eigenvalue weighted by Gasteiger charge is 2.28. The number of fused-ring (bicyclic) bond motifs is 1. The molecule has 0 bridgehead atoms. The number of hydrogen-bond donors (Lipinski definition) is 2. The molecule has 0 spiro atoms. The van der Waals surface area contributed by atoms with E-state index in [0.29, 0.717) is 35.9 Å². The summed E-state index contributed by atoms with van der Waals surface area (Å²) in [6.07, 6.45) is 8.42. The minimum Gasteiger partial charge on any atom is -0.497 e. The van der Waals surface area contributed by atoms with E-state index in [0.717, 1.165) is 36.4 Å². The average Bonchev–Trinajstić information content (AvgIpc) is 3.45. The number of carbonyl (C=O) groups excluding carboxylic acids is 2. The molecule has 1 saturated carbocycles. The van der Waals surface area contributed by atoms with Crippen LogP contribution < -0.4 is 20.3 Å². The number of benzene rings is 3. The summed E-state index contributed by atoms with van der Waals surface area (Å²) in [5, 5.41) is 6.38. The Morgan fingerprint density at radius 2 is 1.82 bits per heavy atom. The first-order valence-electron chi connectivity index (χ1n) is 15.9. The largest absolute Gasteiger partial charge is 0.497 e. The number of methoxy groups -OCH3 is 1. The summed E-state index contributed by atoms with van der Waals surface area (Å²) >= 11 is 1.78. The Labute approximate surface area is 265 Å². The zero-order valence-electron chi connectivity index (χ0n) is 25.6. The van der Waals surface area contributed by atoms with Crippen molar-refractivity contribution >= 4 is 29.3 Å². The van der Waals surface area contributed by atoms with Crippen LogP contribution >= 0.6 is 11.8 Å². The normalized spacial score (nSPS) is 16.2. The molecule has 3 aromatic rings. The second-order valence-electron chi connectivity index (χ2n) is 12.0. The standard InChI is InChI=1S/C36H44FN3O3S/c1-43-32-14-8-13-29(22-32)35(41)39-33(17-15-26-9-4-2-5-10-26)36(42)38-31(25-44-24-27-11-6-3-7-12-27)23-40-20-19-28-21-30(37)16-18-34(28)40/h3,6-8,11-14,16,18,21-22,26,31,33H,2,4-5,9-10,15,17,19-20,23-25H2,1H3,(H,38,42)(H,39,41)/t31-,33?/m1/s1. The highest BCUT2D eigenvalue weighted by molar-refractivity contribution is 7.98. The van der Waals surface area contributed by atoms with Gasteiger partial charge in [-0.15, -0.1) is 0 Å². The van der Waals surface area contributed by atoms with Gasteiger partial charge in [-0.3, -0.25) is 9.59 Å². The maximum Gasteiger partial charge on any atom is 0.252 e. The molecule has 3 aromatic carbocycles. The third-order valence-electron chi connectivity index (χ3n) is 8.79. The van der Waals surface area contributed by atoms with Gasteiger partial charge in [-0.1, -0.05) is 68.5 Å².